The number of halogens is 3. The first kappa shape index (κ1) is 41.9. The molecule has 19 heteroatoms. The zero-order valence-electron chi connectivity index (χ0n) is 32.6. The van der Waals surface area contributed by atoms with E-state index in [9.17, 15) is 40.8 Å². The van der Waals surface area contributed by atoms with Gasteiger partial charge in [0.15, 0.2) is 0 Å². The van der Waals surface area contributed by atoms with Crippen LogP contribution in [0, 0.1) is 17.8 Å². The number of alkyl carbamates (subject to hydrolysis) is 1. The summed E-state index contributed by atoms with van der Waals surface area (Å²) in [7, 11) is -2.58. The quantitative estimate of drug-likeness (QED) is 0.321. The van der Waals surface area contributed by atoms with Gasteiger partial charge in [0.25, 0.3) is 5.91 Å². The Morgan fingerprint density at radius 1 is 1.11 bits per heavy atom. The van der Waals surface area contributed by atoms with Crippen LogP contribution in [0.3, 0.4) is 0 Å². The molecule has 1 saturated heterocycles. The summed E-state index contributed by atoms with van der Waals surface area (Å²) in [6, 6.07) is 2.29. The number of sulfonamides is 1. The Labute approximate surface area is 328 Å². The molecule has 2 saturated carbocycles. The van der Waals surface area contributed by atoms with Crippen molar-refractivity contribution in [3.05, 3.63) is 36.5 Å². The lowest BCUT2D eigenvalue weighted by Gasteiger charge is -2.34. The molecular weight excluding hydrogens is 774 g/mol. The maximum atomic E-state index is 14.7. The van der Waals surface area contributed by atoms with Crippen molar-refractivity contribution in [3.63, 3.8) is 0 Å². The number of carbonyl (C=O) groups excluding carboxylic acids is 4. The maximum absolute atomic E-state index is 14.7. The molecule has 0 spiro atoms. The number of methoxy groups -OCH3 is 1. The van der Waals surface area contributed by atoms with Crippen LogP contribution in [-0.4, -0.2) is 101 Å². The fourth-order valence-electron chi connectivity index (χ4n) is 7.46. The van der Waals surface area contributed by atoms with Crippen LogP contribution in [-0.2, 0) is 29.1 Å². The van der Waals surface area contributed by atoms with Crippen LogP contribution in [0.4, 0.5) is 18.0 Å². The molecule has 2 aliphatic heterocycles. The molecule has 4 amide bonds. The summed E-state index contributed by atoms with van der Waals surface area (Å²) in [6.07, 6.45) is 0.0150. The number of fused-ring (bicyclic) bond motifs is 3. The van der Waals surface area contributed by atoms with Gasteiger partial charge in [-0.3, -0.25) is 19.1 Å². The van der Waals surface area contributed by atoms with Gasteiger partial charge in [-0.15, -0.1) is 0 Å². The smallest absolute Gasteiger partial charge is 0.427 e. The van der Waals surface area contributed by atoms with Crippen LogP contribution in [0.5, 0.6) is 11.5 Å². The highest BCUT2D eigenvalue weighted by molar-refractivity contribution is 7.91. The molecule has 0 radical (unpaired) electrons. The van der Waals surface area contributed by atoms with Gasteiger partial charge >= 0.3 is 12.3 Å². The van der Waals surface area contributed by atoms with Gasteiger partial charge < -0.3 is 29.7 Å². The van der Waals surface area contributed by atoms with E-state index < -0.39 is 85.9 Å². The van der Waals surface area contributed by atoms with Crippen LogP contribution in [0.15, 0.2) is 36.5 Å². The highest BCUT2D eigenvalue weighted by Crippen LogP contribution is 2.48. The Morgan fingerprint density at radius 2 is 1.82 bits per heavy atom. The molecule has 3 N–H and O–H groups in total. The molecule has 1 aromatic heterocycles. The highest BCUT2D eigenvalue weighted by atomic mass is 32.2. The van der Waals surface area contributed by atoms with Gasteiger partial charge in [0.2, 0.25) is 27.4 Å². The molecule has 2 aromatic rings. The van der Waals surface area contributed by atoms with Crippen molar-refractivity contribution in [2.45, 2.75) is 120 Å². The van der Waals surface area contributed by atoms with E-state index in [0.717, 1.165) is 0 Å². The summed E-state index contributed by atoms with van der Waals surface area (Å²) in [5, 5.41) is 13.9. The normalized spacial score (nSPS) is 29.7. The summed E-state index contributed by atoms with van der Waals surface area (Å²) in [5.74, 6) is -2.90. The van der Waals surface area contributed by atoms with Crippen LogP contribution in [0.25, 0.3) is 10.9 Å². The van der Waals surface area contributed by atoms with E-state index in [1.165, 1.54) is 25.1 Å². The number of ether oxygens (including phenoxy) is 3. The predicted octanol–water partition coefficient (Wildman–Crippen LogP) is 4.31. The average Bonchev–Trinajstić information content (AvgIpc) is 4.01. The van der Waals surface area contributed by atoms with Crippen LogP contribution < -0.4 is 24.8 Å². The molecule has 15 nitrogen and oxygen atoms in total. The van der Waals surface area contributed by atoms with Crippen LogP contribution in [0.1, 0.15) is 79.6 Å². The van der Waals surface area contributed by atoms with E-state index >= 15 is 0 Å². The van der Waals surface area contributed by atoms with E-state index in [4.69, 9.17) is 14.2 Å². The van der Waals surface area contributed by atoms with E-state index in [1.54, 1.807) is 31.2 Å². The average molecular weight is 823 g/mol. The molecule has 3 heterocycles. The van der Waals surface area contributed by atoms with Gasteiger partial charge in [0.1, 0.15) is 40.7 Å². The third kappa shape index (κ3) is 8.62. The van der Waals surface area contributed by atoms with Crippen molar-refractivity contribution < 1.29 is 55.0 Å². The number of rotatable bonds is 8. The fourth-order valence-corrected chi connectivity index (χ4v) is 8.77. The number of alkyl halides is 3. The van der Waals surface area contributed by atoms with Crippen molar-refractivity contribution >= 4 is 44.7 Å². The molecule has 312 valence electrons. The van der Waals surface area contributed by atoms with Crippen LogP contribution in [0.2, 0.25) is 0 Å². The van der Waals surface area contributed by atoms with E-state index in [1.807, 2.05) is 13.0 Å². The van der Waals surface area contributed by atoms with Crippen molar-refractivity contribution in [3.8, 4) is 11.5 Å². The van der Waals surface area contributed by atoms with Crippen LogP contribution >= 0.6 is 0 Å². The number of nitrogens with zero attached hydrogens (tertiary/aromatic N) is 3. The van der Waals surface area contributed by atoms with Gasteiger partial charge in [-0.1, -0.05) is 26.0 Å². The van der Waals surface area contributed by atoms with Crippen molar-refractivity contribution in [2.75, 3.05) is 13.7 Å². The molecule has 0 unspecified atom stereocenters. The Morgan fingerprint density at radius 3 is 2.49 bits per heavy atom. The second-order valence-corrected chi connectivity index (χ2v) is 18.8. The summed E-state index contributed by atoms with van der Waals surface area (Å²) in [4.78, 5) is 57.3. The predicted molar refractivity (Wildman–Crippen MR) is 199 cm³/mol. The molecular formula is C38H49F3N6O9S. The number of aromatic nitrogens is 2. The molecule has 1 aromatic carbocycles. The van der Waals surface area contributed by atoms with Gasteiger partial charge in [0.05, 0.1) is 24.6 Å². The molecule has 3 fully saturated rings. The lowest BCUT2D eigenvalue weighted by atomic mass is 9.88. The molecule has 7 atom stereocenters. The Hall–Kier alpha value is -4.68. The molecule has 6 rings (SSSR count). The second-order valence-electron chi connectivity index (χ2n) is 16.6. The number of benzene rings is 1. The summed E-state index contributed by atoms with van der Waals surface area (Å²) >= 11 is 0. The van der Waals surface area contributed by atoms with Gasteiger partial charge in [-0.05, 0) is 83.3 Å². The topological polar surface area (TPSA) is 195 Å². The maximum Gasteiger partial charge on any atom is 0.427 e. The largest absolute Gasteiger partial charge is 0.497 e. The van der Waals surface area contributed by atoms with E-state index in [-0.39, 0.29) is 31.1 Å². The highest BCUT2D eigenvalue weighted by Gasteiger charge is 2.63. The number of nitrogens with one attached hydrogen (secondary N) is 3. The lowest BCUT2D eigenvalue weighted by Crippen LogP contribution is -2.59. The van der Waals surface area contributed by atoms with E-state index in [0.29, 0.717) is 62.6 Å². The lowest BCUT2D eigenvalue weighted by molar-refractivity contribution is -0.244. The van der Waals surface area contributed by atoms with E-state index in [2.05, 4.69) is 25.6 Å². The van der Waals surface area contributed by atoms with Crippen molar-refractivity contribution in [1.29, 1.82) is 0 Å². The first-order chi connectivity index (χ1) is 26.6. The van der Waals surface area contributed by atoms with Gasteiger partial charge in [-0.25, -0.2) is 13.2 Å². The minimum Gasteiger partial charge on any atom is -0.497 e. The zero-order valence-corrected chi connectivity index (χ0v) is 33.5. The summed E-state index contributed by atoms with van der Waals surface area (Å²) < 4.78 is 85.0. The summed E-state index contributed by atoms with van der Waals surface area (Å²) in [5.41, 5.74) is -4.09. The second kappa shape index (κ2) is 15.2. The van der Waals surface area contributed by atoms with Crippen molar-refractivity contribution in [2.24, 2.45) is 17.8 Å². The minimum atomic E-state index is -4.91. The molecule has 0 bridgehead atoms. The first-order valence-corrected chi connectivity index (χ1v) is 20.5. The van der Waals surface area contributed by atoms with Gasteiger partial charge in [0, 0.05) is 23.8 Å². The minimum absolute atomic E-state index is 0.0393. The SMILES string of the molecule is COc1ccc2c(O[C@@H]3C[C@H]4C(=O)N[C@]5(C(=O)NS(=O)(=O)C6(C)CC6)C[C@H]5/C=C\CC[C@@H](C)C[C@@H](C)[C@H](NC(=O)OC(C)(C)C(F)(F)F)C(=O)N4C3)cnnc2c1. The molecule has 2 aliphatic carbocycles. The third-order valence-electron chi connectivity index (χ3n) is 11.7. The van der Waals surface area contributed by atoms with Crippen molar-refractivity contribution in [1.82, 2.24) is 30.5 Å². The summed E-state index contributed by atoms with van der Waals surface area (Å²) in [6.45, 7) is 6.31. The third-order valence-corrected chi connectivity index (χ3v) is 13.8. The Kier molecular flexibility index (Phi) is 11.2. The van der Waals surface area contributed by atoms with Gasteiger partial charge in [-0.2, -0.15) is 23.4 Å². The monoisotopic (exact) mass is 822 g/mol. The number of allylic oxidation sites excluding steroid dienone is 1. The molecule has 4 aliphatic rings. The first-order valence-electron chi connectivity index (χ1n) is 19.0. The Balaban J connectivity index is 1.35. The number of carbonyl (C=O) groups is 4. The standard InChI is InChI=1S/C38H49F3N6O9S/c1-21-9-7-8-10-23-18-37(23,33(50)46-57(52,53)36(5)13-14-36)44-31(48)28-17-25(55-29-19-42-45-27-16-24(54-6)11-12-26(27)29)20-47(28)32(49)30(22(2)15-21)43-34(51)56-35(3,4)38(39,40)41/h8,10-12,16,19,21-23,25,28,30H,7,9,13-15,17-18,20H2,1-6H3,(H,43,51)(H,44,48)(H,46,50)/b10-8-/t21-,22-,23-,25-,28+,30+,37-/m1/s1. The number of hydrogen-bond acceptors (Lipinski definition) is 11. The number of hydrogen-bond donors (Lipinski definition) is 3. The molecule has 57 heavy (non-hydrogen) atoms. The fraction of sp³-hybridized carbons (Fsp3) is 0.632. The zero-order chi connectivity index (χ0) is 41.7. The Bertz CT molecular complexity index is 2060. The number of amides is 4.